The van der Waals surface area contributed by atoms with E-state index in [1.165, 1.54) is 41.9 Å². The molecule has 0 aliphatic carbocycles. The lowest BCUT2D eigenvalue weighted by molar-refractivity contribution is -0.137. The normalized spacial score (nSPS) is 11.7. The molecule has 2 heterocycles. The van der Waals surface area contributed by atoms with Crippen LogP contribution in [-0.2, 0) is 13.2 Å². The first-order valence-corrected chi connectivity index (χ1v) is 6.59. The number of hydrogen-bond donors (Lipinski definition) is 0. The molecule has 0 fully saturated rings. The summed E-state index contributed by atoms with van der Waals surface area (Å²) >= 11 is 0. The monoisotopic (exact) mass is 320 g/mol. The number of aromatic nitrogens is 4. The Kier molecular flexibility index (Phi) is 3.51. The van der Waals surface area contributed by atoms with Crippen LogP contribution in [0.2, 0.25) is 0 Å². The quantitative estimate of drug-likeness (QED) is 0.729. The van der Waals surface area contributed by atoms with Crippen molar-refractivity contribution in [1.29, 1.82) is 0 Å². The summed E-state index contributed by atoms with van der Waals surface area (Å²) in [5.74, 6) is 0. The van der Waals surface area contributed by atoms with Crippen LogP contribution in [0, 0.1) is 0 Å². The van der Waals surface area contributed by atoms with Crippen LogP contribution in [0.4, 0.5) is 13.2 Å². The van der Waals surface area contributed by atoms with E-state index in [0.29, 0.717) is 0 Å². The molecule has 0 aliphatic rings. The van der Waals surface area contributed by atoms with Gasteiger partial charge in [0.2, 0.25) is 5.43 Å². The number of benzene rings is 1. The fraction of sp³-hybridized carbons (Fsp3) is 0.133. The number of nitrogens with zero attached hydrogens (tertiary/aromatic N) is 4. The fourth-order valence-electron chi connectivity index (χ4n) is 2.25. The first kappa shape index (κ1) is 15.0. The Balaban J connectivity index is 2.20. The lowest BCUT2D eigenvalue weighted by Gasteiger charge is -2.11. The van der Waals surface area contributed by atoms with Crippen molar-refractivity contribution in [2.45, 2.75) is 6.18 Å². The van der Waals surface area contributed by atoms with Crippen LogP contribution in [0.25, 0.3) is 16.8 Å². The van der Waals surface area contributed by atoms with Crippen molar-refractivity contribution >= 4 is 0 Å². The zero-order valence-corrected chi connectivity index (χ0v) is 11.9. The molecular weight excluding hydrogens is 309 g/mol. The Morgan fingerprint density at radius 1 is 1.17 bits per heavy atom. The van der Waals surface area contributed by atoms with Gasteiger partial charge in [-0.05, 0) is 17.7 Å². The van der Waals surface area contributed by atoms with E-state index in [2.05, 4.69) is 10.1 Å². The van der Waals surface area contributed by atoms with Gasteiger partial charge in [-0.1, -0.05) is 12.1 Å². The molecule has 3 rings (SSSR count). The maximum atomic E-state index is 12.9. The van der Waals surface area contributed by atoms with E-state index < -0.39 is 17.2 Å². The van der Waals surface area contributed by atoms with Crippen molar-refractivity contribution in [2.24, 2.45) is 7.05 Å². The van der Waals surface area contributed by atoms with Gasteiger partial charge in [0.15, 0.2) is 0 Å². The van der Waals surface area contributed by atoms with Gasteiger partial charge in [0.05, 0.1) is 5.56 Å². The third-order valence-corrected chi connectivity index (χ3v) is 3.30. The summed E-state index contributed by atoms with van der Waals surface area (Å²) in [6.45, 7) is 0. The maximum Gasteiger partial charge on any atom is 0.416 e. The van der Waals surface area contributed by atoms with Crippen LogP contribution in [-0.4, -0.2) is 19.3 Å². The molecule has 0 amide bonds. The fourth-order valence-corrected chi connectivity index (χ4v) is 2.25. The van der Waals surface area contributed by atoms with Crippen molar-refractivity contribution in [2.75, 3.05) is 0 Å². The van der Waals surface area contributed by atoms with Crippen LogP contribution < -0.4 is 5.43 Å². The molecule has 2 aromatic heterocycles. The highest BCUT2D eigenvalue weighted by Gasteiger charge is 2.30. The zero-order chi connectivity index (χ0) is 16.6. The molecular formula is C15H11F3N4O. The highest BCUT2D eigenvalue weighted by molar-refractivity contribution is 5.65. The molecule has 8 heteroatoms. The molecule has 0 bridgehead atoms. The molecule has 0 saturated carbocycles. The van der Waals surface area contributed by atoms with Crippen LogP contribution in [0.1, 0.15) is 5.56 Å². The molecule has 0 radical (unpaired) electrons. The van der Waals surface area contributed by atoms with Gasteiger partial charge in [0.1, 0.15) is 18.3 Å². The Morgan fingerprint density at radius 2 is 1.96 bits per heavy atom. The van der Waals surface area contributed by atoms with Crippen LogP contribution in [0.15, 0.2) is 54.1 Å². The molecule has 0 N–H and O–H groups in total. The van der Waals surface area contributed by atoms with E-state index in [1.807, 2.05) is 0 Å². The van der Waals surface area contributed by atoms with E-state index in [9.17, 15) is 18.0 Å². The number of hydrogen-bond acceptors (Lipinski definition) is 3. The highest BCUT2D eigenvalue weighted by Crippen LogP contribution is 2.31. The van der Waals surface area contributed by atoms with Crippen LogP contribution in [0.3, 0.4) is 0 Å². The summed E-state index contributed by atoms with van der Waals surface area (Å²) in [5, 5.41) is 3.89. The van der Waals surface area contributed by atoms with E-state index in [-0.39, 0.29) is 16.8 Å². The van der Waals surface area contributed by atoms with Crippen molar-refractivity contribution in [1.82, 2.24) is 19.3 Å². The number of halogens is 3. The lowest BCUT2D eigenvalue weighted by Crippen LogP contribution is -2.17. The molecule has 0 atom stereocenters. The van der Waals surface area contributed by atoms with E-state index in [0.717, 1.165) is 12.1 Å². The van der Waals surface area contributed by atoms with E-state index in [4.69, 9.17) is 0 Å². The minimum absolute atomic E-state index is 0.159. The van der Waals surface area contributed by atoms with Gasteiger partial charge in [-0.3, -0.25) is 4.79 Å². The second kappa shape index (κ2) is 5.38. The third kappa shape index (κ3) is 2.87. The summed E-state index contributed by atoms with van der Waals surface area (Å²) in [5.41, 5.74) is -0.662. The average molecular weight is 320 g/mol. The van der Waals surface area contributed by atoms with Gasteiger partial charge in [0.25, 0.3) is 0 Å². The highest BCUT2D eigenvalue weighted by atomic mass is 19.4. The summed E-state index contributed by atoms with van der Waals surface area (Å²) in [6.07, 6.45) is 1.18. The predicted octanol–water partition coefficient (Wildman–Crippen LogP) is 2.65. The number of rotatable bonds is 2. The molecule has 0 aliphatic heterocycles. The topological polar surface area (TPSA) is 52.7 Å². The van der Waals surface area contributed by atoms with Gasteiger partial charge in [-0.2, -0.15) is 18.3 Å². The summed E-state index contributed by atoms with van der Waals surface area (Å²) in [4.78, 5) is 16.4. The Labute approximate surface area is 128 Å². The SMILES string of the molecule is Cn1cc(-c2cccc(C(F)(F)F)c2)c(=O)c(-n2cncn2)c1. The minimum atomic E-state index is -4.47. The number of pyridine rings is 1. The lowest BCUT2D eigenvalue weighted by atomic mass is 10.0. The molecule has 118 valence electrons. The van der Waals surface area contributed by atoms with Crippen molar-refractivity contribution < 1.29 is 13.2 Å². The van der Waals surface area contributed by atoms with E-state index in [1.54, 1.807) is 11.6 Å². The van der Waals surface area contributed by atoms with Gasteiger partial charge in [-0.25, -0.2) is 9.67 Å². The van der Waals surface area contributed by atoms with Gasteiger partial charge >= 0.3 is 6.18 Å². The first-order valence-electron chi connectivity index (χ1n) is 6.59. The Morgan fingerprint density at radius 3 is 2.61 bits per heavy atom. The minimum Gasteiger partial charge on any atom is -0.354 e. The molecule has 0 spiro atoms. The average Bonchev–Trinajstić information content (AvgIpc) is 3.02. The van der Waals surface area contributed by atoms with Crippen molar-refractivity contribution in [3.8, 4) is 16.8 Å². The van der Waals surface area contributed by atoms with Gasteiger partial charge < -0.3 is 4.57 Å². The molecule has 0 unspecified atom stereocenters. The smallest absolute Gasteiger partial charge is 0.354 e. The van der Waals surface area contributed by atoms with Crippen LogP contribution in [0.5, 0.6) is 0 Å². The second-order valence-corrected chi connectivity index (χ2v) is 4.97. The zero-order valence-electron chi connectivity index (χ0n) is 11.9. The van der Waals surface area contributed by atoms with Crippen molar-refractivity contribution in [3.05, 3.63) is 65.1 Å². The Bertz CT molecular complexity index is 898. The number of aryl methyl sites for hydroxylation is 1. The molecule has 3 aromatic rings. The predicted molar refractivity (Wildman–Crippen MR) is 77.0 cm³/mol. The van der Waals surface area contributed by atoms with Crippen molar-refractivity contribution in [3.63, 3.8) is 0 Å². The molecule has 23 heavy (non-hydrogen) atoms. The van der Waals surface area contributed by atoms with Gasteiger partial charge in [0, 0.05) is 25.0 Å². The number of alkyl halides is 3. The standard InChI is InChI=1S/C15H11F3N4O/c1-21-6-12(10-3-2-4-11(5-10)15(16,17)18)14(23)13(7-21)22-9-19-8-20-22/h2-9H,1H3. The summed E-state index contributed by atoms with van der Waals surface area (Å²) < 4.78 is 41.4. The Hall–Kier alpha value is -2.90. The molecule has 0 saturated heterocycles. The summed E-state index contributed by atoms with van der Waals surface area (Å²) in [6, 6.07) is 4.67. The van der Waals surface area contributed by atoms with Crippen LogP contribution >= 0.6 is 0 Å². The van der Waals surface area contributed by atoms with E-state index >= 15 is 0 Å². The maximum absolute atomic E-state index is 12.9. The summed E-state index contributed by atoms with van der Waals surface area (Å²) in [7, 11) is 1.68. The molecule has 1 aromatic carbocycles. The largest absolute Gasteiger partial charge is 0.416 e. The molecule has 5 nitrogen and oxygen atoms in total. The van der Waals surface area contributed by atoms with Gasteiger partial charge in [-0.15, -0.1) is 0 Å². The second-order valence-electron chi connectivity index (χ2n) is 4.97. The third-order valence-electron chi connectivity index (χ3n) is 3.30. The first-order chi connectivity index (χ1) is 10.9.